The van der Waals surface area contributed by atoms with Gasteiger partial charge in [0.1, 0.15) is 11.5 Å². The summed E-state index contributed by atoms with van der Waals surface area (Å²) in [5, 5.41) is 19.2. The minimum absolute atomic E-state index is 0.0239. The highest BCUT2D eigenvalue weighted by Crippen LogP contribution is 2.28. The first-order chi connectivity index (χ1) is 11.9. The van der Waals surface area contributed by atoms with Crippen LogP contribution in [0.3, 0.4) is 0 Å². The average molecular weight is 354 g/mol. The van der Waals surface area contributed by atoms with E-state index in [1.54, 1.807) is 18.2 Å². The summed E-state index contributed by atoms with van der Waals surface area (Å²) in [5.41, 5.74) is -0.00655. The number of phenolic OH excluding ortho intramolecular Hbond substituents is 2. The van der Waals surface area contributed by atoms with E-state index in [1.165, 1.54) is 54.6 Å². The molecule has 0 aromatic heterocycles. The zero-order valence-corrected chi connectivity index (χ0v) is 13.8. The molecule has 0 heterocycles. The number of ketones is 1. The van der Waals surface area contributed by atoms with Crippen LogP contribution in [-0.4, -0.2) is 24.4 Å². The van der Waals surface area contributed by atoms with Crippen molar-refractivity contribution in [2.24, 2.45) is 0 Å². The minimum atomic E-state index is -3.97. The highest BCUT2D eigenvalue weighted by Gasteiger charge is 2.25. The fraction of sp³-hybridized carbons (Fsp3) is 0. The lowest BCUT2D eigenvalue weighted by Gasteiger charge is -2.11. The van der Waals surface area contributed by atoms with E-state index < -0.39 is 15.6 Å². The summed E-state index contributed by atoms with van der Waals surface area (Å²) >= 11 is 0. The first-order valence-electron chi connectivity index (χ1n) is 7.37. The number of hydrogen-bond acceptors (Lipinski definition) is 5. The number of carbonyl (C=O) groups excluding carboxylic acids is 1. The Balaban J connectivity index is 2.15. The molecular weight excluding hydrogens is 340 g/mol. The van der Waals surface area contributed by atoms with E-state index in [0.717, 1.165) is 0 Å². The van der Waals surface area contributed by atoms with E-state index >= 15 is 0 Å². The van der Waals surface area contributed by atoms with Gasteiger partial charge in [-0.15, -0.1) is 0 Å². The van der Waals surface area contributed by atoms with Gasteiger partial charge in [-0.1, -0.05) is 24.3 Å². The second-order valence-corrected chi connectivity index (χ2v) is 7.26. The molecule has 0 aliphatic rings. The Bertz CT molecular complexity index is 1040. The lowest BCUT2D eigenvalue weighted by Crippen LogP contribution is -2.11. The SMILES string of the molecule is O=C(c1ccccc1O)c1ccccc1S(=O)(=O)c1ccc(O)cc1. The standard InChI is InChI=1S/C19H14O5S/c20-13-9-11-14(12-10-13)25(23,24)18-8-4-2-6-16(18)19(22)15-5-1-3-7-17(15)21/h1-12,20-21H. The Morgan fingerprint density at radius 2 is 1.28 bits per heavy atom. The van der Waals surface area contributed by atoms with Gasteiger partial charge < -0.3 is 10.2 Å². The summed E-state index contributed by atoms with van der Waals surface area (Å²) in [4.78, 5) is 12.6. The summed E-state index contributed by atoms with van der Waals surface area (Å²) in [5.74, 6) is -0.863. The number of phenols is 2. The molecule has 0 fully saturated rings. The van der Waals surface area contributed by atoms with Gasteiger partial charge in [-0.3, -0.25) is 4.79 Å². The molecular formula is C19H14O5S. The van der Waals surface area contributed by atoms with E-state index in [0.29, 0.717) is 0 Å². The first kappa shape index (κ1) is 16.7. The number of sulfone groups is 1. The van der Waals surface area contributed by atoms with Gasteiger partial charge in [-0.05, 0) is 48.5 Å². The van der Waals surface area contributed by atoms with Crippen LogP contribution in [-0.2, 0) is 9.84 Å². The Hall–Kier alpha value is -3.12. The van der Waals surface area contributed by atoms with Crippen LogP contribution in [0.15, 0.2) is 82.6 Å². The third-order valence-electron chi connectivity index (χ3n) is 3.72. The van der Waals surface area contributed by atoms with Gasteiger partial charge in [0.05, 0.1) is 15.4 Å². The Morgan fingerprint density at radius 3 is 1.92 bits per heavy atom. The normalized spacial score (nSPS) is 11.2. The first-order valence-corrected chi connectivity index (χ1v) is 8.85. The fourth-order valence-corrected chi connectivity index (χ4v) is 3.91. The van der Waals surface area contributed by atoms with Gasteiger partial charge in [-0.2, -0.15) is 0 Å². The van der Waals surface area contributed by atoms with Gasteiger partial charge in [0.25, 0.3) is 0 Å². The summed E-state index contributed by atoms with van der Waals surface area (Å²) in [6, 6.07) is 16.9. The van der Waals surface area contributed by atoms with Crippen LogP contribution in [0, 0.1) is 0 Å². The monoisotopic (exact) mass is 354 g/mol. The molecule has 6 heteroatoms. The lowest BCUT2D eigenvalue weighted by molar-refractivity contribution is 0.103. The Labute approximate surface area is 144 Å². The number of hydrogen-bond donors (Lipinski definition) is 2. The summed E-state index contributed by atoms with van der Waals surface area (Å²) in [6.07, 6.45) is 0. The molecule has 0 aliphatic carbocycles. The zero-order chi connectivity index (χ0) is 18.0. The smallest absolute Gasteiger partial charge is 0.207 e. The van der Waals surface area contributed by atoms with E-state index in [4.69, 9.17) is 0 Å². The average Bonchev–Trinajstić information content (AvgIpc) is 2.62. The van der Waals surface area contributed by atoms with Crippen LogP contribution < -0.4 is 0 Å². The van der Waals surface area contributed by atoms with Crippen molar-refractivity contribution in [3.05, 3.63) is 83.9 Å². The second kappa shape index (κ2) is 6.41. The van der Waals surface area contributed by atoms with Gasteiger partial charge in [0.15, 0.2) is 5.78 Å². The van der Waals surface area contributed by atoms with E-state index in [2.05, 4.69) is 0 Å². The predicted molar refractivity (Wildman–Crippen MR) is 91.5 cm³/mol. The molecule has 5 nitrogen and oxygen atoms in total. The number of rotatable bonds is 4. The summed E-state index contributed by atoms with van der Waals surface area (Å²) in [6.45, 7) is 0. The molecule has 0 spiro atoms. The molecule has 0 radical (unpaired) electrons. The molecule has 3 aromatic rings. The quantitative estimate of drug-likeness (QED) is 0.702. The number of aromatic hydroxyl groups is 2. The van der Waals surface area contributed by atoms with Crippen molar-refractivity contribution in [3.63, 3.8) is 0 Å². The fourth-order valence-electron chi connectivity index (χ4n) is 2.45. The molecule has 0 saturated carbocycles. The Morgan fingerprint density at radius 1 is 0.720 bits per heavy atom. The summed E-state index contributed by atoms with van der Waals surface area (Å²) < 4.78 is 25.8. The number of para-hydroxylation sites is 1. The van der Waals surface area contributed by atoms with E-state index in [9.17, 15) is 23.4 Å². The van der Waals surface area contributed by atoms with Gasteiger partial charge in [0.2, 0.25) is 9.84 Å². The molecule has 0 amide bonds. The maximum atomic E-state index is 12.9. The van der Waals surface area contributed by atoms with Crippen molar-refractivity contribution < 1.29 is 23.4 Å². The molecule has 0 atom stereocenters. The van der Waals surface area contributed by atoms with Crippen LogP contribution in [0.25, 0.3) is 0 Å². The van der Waals surface area contributed by atoms with Crippen molar-refractivity contribution in [3.8, 4) is 11.5 Å². The van der Waals surface area contributed by atoms with Crippen molar-refractivity contribution in [2.75, 3.05) is 0 Å². The van der Waals surface area contributed by atoms with E-state index in [1.807, 2.05) is 0 Å². The highest BCUT2D eigenvalue weighted by molar-refractivity contribution is 7.91. The maximum absolute atomic E-state index is 12.9. The molecule has 0 bridgehead atoms. The third kappa shape index (κ3) is 3.12. The molecule has 0 saturated heterocycles. The predicted octanol–water partition coefficient (Wildman–Crippen LogP) is 3.16. The van der Waals surface area contributed by atoms with Gasteiger partial charge >= 0.3 is 0 Å². The van der Waals surface area contributed by atoms with Crippen molar-refractivity contribution >= 4 is 15.6 Å². The highest BCUT2D eigenvalue weighted by atomic mass is 32.2. The minimum Gasteiger partial charge on any atom is -0.508 e. The third-order valence-corrected chi connectivity index (χ3v) is 5.54. The topological polar surface area (TPSA) is 91.7 Å². The molecule has 126 valence electrons. The van der Waals surface area contributed by atoms with Crippen molar-refractivity contribution in [1.82, 2.24) is 0 Å². The van der Waals surface area contributed by atoms with Crippen LogP contribution in [0.4, 0.5) is 0 Å². The largest absolute Gasteiger partial charge is 0.508 e. The molecule has 0 unspecified atom stereocenters. The maximum Gasteiger partial charge on any atom is 0.207 e. The second-order valence-electron chi connectivity index (χ2n) is 5.34. The molecule has 2 N–H and O–H groups in total. The van der Waals surface area contributed by atoms with Crippen LogP contribution in [0.5, 0.6) is 11.5 Å². The molecule has 25 heavy (non-hydrogen) atoms. The van der Waals surface area contributed by atoms with Crippen molar-refractivity contribution in [1.29, 1.82) is 0 Å². The number of carbonyl (C=O) groups is 1. The number of benzene rings is 3. The molecule has 3 rings (SSSR count). The van der Waals surface area contributed by atoms with Gasteiger partial charge in [0, 0.05) is 5.56 Å². The summed E-state index contributed by atoms with van der Waals surface area (Å²) in [7, 11) is -3.97. The van der Waals surface area contributed by atoms with Crippen LogP contribution >= 0.6 is 0 Å². The Kier molecular flexibility index (Phi) is 4.29. The lowest BCUT2D eigenvalue weighted by atomic mass is 10.0. The van der Waals surface area contributed by atoms with E-state index in [-0.39, 0.29) is 32.4 Å². The van der Waals surface area contributed by atoms with Crippen LogP contribution in [0.1, 0.15) is 15.9 Å². The molecule has 0 aliphatic heterocycles. The zero-order valence-electron chi connectivity index (χ0n) is 13.0. The van der Waals surface area contributed by atoms with Gasteiger partial charge in [-0.25, -0.2) is 8.42 Å². The van der Waals surface area contributed by atoms with Crippen molar-refractivity contribution in [2.45, 2.75) is 9.79 Å². The van der Waals surface area contributed by atoms with Crippen LogP contribution in [0.2, 0.25) is 0 Å². The molecule has 3 aromatic carbocycles.